The van der Waals surface area contributed by atoms with Gasteiger partial charge in [0.2, 0.25) is 11.5 Å². The Balaban J connectivity index is 2.96. The third-order valence-electron chi connectivity index (χ3n) is 2.96. The smallest absolute Gasteiger partial charge is 0.357 e. The van der Waals surface area contributed by atoms with Gasteiger partial charge < -0.3 is 25.4 Å². The van der Waals surface area contributed by atoms with Gasteiger partial charge in [-0.3, -0.25) is 4.79 Å². The van der Waals surface area contributed by atoms with Crippen LogP contribution >= 0.6 is 0 Å². The lowest BCUT2D eigenvalue weighted by molar-refractivity contribution is -0.170. The Kier molecular flexibility index (Phi) is 6.03. The molecule has 0 saturated carbocycles. The lowest BCUT2D eigenvalue weighted by Gasteiger charge is -2.26. The molecule has 2 N–H and O–H groups in total. The number of rotatable bonds is 7. The molecule has 0 saturated heterocycles. The van der Waals surface area contributed by atoms with Gasteiger partial charge in [0, 0.05) is 18.3 Å². The van der Waals surface area contributed by atoms with Crippen LogP contribution in [0.1, 0.15) is 27.2 Å². The van der Waals surface area contributed by atoms with Crippen LogP contribution in [0.2, 0.25) is 0 Å². The molecule has 22 heavy (non-hydrogen) atoms. The van der Waals surface area contributed by atoms with E-state index in [1.54, 1.807) is 13.8 Å². The van der Waals surface area contributed by atoms with E-state index in [0.29, 0.717) is 12.3 Å². The van der Waals surface area contributed by atoms with Crippen LogP contribution in [0.3, 0.4) is 0 Å². The van der Waals surface area contributed by atoms with E-state index in [1.807, 2.05) is 0 Å². The van der Waals surface area contributed by atoms with Gasteiger partial charge in [-0.05, 0) is 20.8 Å². The molecular weight excluding hydrogens is 290 g/mol. The number of hydrogen-bond donors (Lipinski definition) is 2. The van der Waals surface area contributed by atoms with Crippen molar-refractivity contribution >= 4 is 17.6 Å². The Morgan fingerprint density at radius 3 is 2.64 bits per heavy atom. The molecule has 0 bridgehead atoms. The Bertz CT molecular complexity index is 575. The Hall–Kier alpha value is -2.44. The highest BCUT2D eigenvalue weighted by Gasteiger charge is 2.37. The molecule has 0 aliphatic heterocycles. The molecule has 0 unspecified atom stereocenters. The third-order valence-corrected chi connectivity index (χ3v) is 2.96. The Labute approximate surface area is 128 Å². The van der Waals surface area contributed by atoms with E-state index in [9.17, 15) is 14.7 Å². The number of nitrogens with zero attached hydrogens (tertiary/aromatic N) is 2. The molecule has 8 nitrogen and oxygen atoms in total. The highest BCUT2D eigenvalue weighted by atomic mass is 16.5. The first-order valence-electron chi connectivity index (χ1n) is 6.83. The average Bonchev–Trinajstić information content (AvgIpc) is 2.47. The first-order valence-corrected chi connectivity index (χ1v) is 6.83. The highest BCUT2D eigenvalue weighted by molar-refractivity contribution is 6.05. The molecule has 1 atom stereocenters. The van der Waals surface area contributed by atoms with Crippen molar-refractivity contribution in [3.05, 3.63) is 29.0 Å². The van der Waals surface area contributed by atoms with E-state index in [1.165, 1.54) is 19.1 Å². The molecule has 0 fully saturated rings. The second-order valence-electron chi connectivity index (χ2n) is 4.58. The first-order chi connectivity index (χ1) is 10.4. The fourth-order valence-corrected chi connectivity index (χ4v) is 1.85. The summed E-state index contributed by atoms with van der Waals surface area (Å²) in [5.41, 5.74) is 7.57. The van der Waals surface area contributed by atoms with Gasteiger partial charge in [-0.25, -0.2) is 4.79 Å². The minimum absolute atomic E-state index is 0.128. The zero-order chi connectivity index (χ0) is 16.8. The van der Waals surface area contributed by atoms with Gasteiger partial charge in [0.25, 0.3) is 5.91 Å². The van der Waals surface area contributed by atoms with E-state index in [0.717, 1.165) is 0 Å². The van der Waals surface area contributed by atoms with Crippen LogP contribution in [0, 0.1) is 0 Å². The number of nitrogens with one attached hydrogen (secondary N) is 1. The summed E-state index contributed by atoms with van der Waals surface area (Å²) in [6.07, 6.45) is 3.11. The number of hydrogen-bond acceptors (Lipinski definition) is 4. The normalized spacial score (nSPS) is 16.8. The van der Waals surface area contributed by atoms with Crippen molar-refractivity contribution in [2.24, 2.45) is 0 Å². The second kappa shape index (κ2) is 7.53. The molecule has 1 aliphatic rings. The standard InChI is InChI=1S/C14H19N3O5/c1-4-21-11-8-9(6-7-10(11)17-15)12(18)16-14(3,13(19)20)22-5-2/h6,8H,4-5,7H2,1-3H3,(H,16,18)(H,19,20)/t14-/m1/s1. The number of aliphatic carboxylic acids is 1. The van der Waals surface area contributed by atoms with Crippen LogP contribution in [-0.4, -0.2) is 46.4 Å². The summed E-state index contributed by atoms with van der Waals surface area (Å²) in [6, 6.07) is 0. The SMILES string of the molecule is CCOC1=CC(C(=O)N[C@](C)(OCC)C(=O)O)=CCC1=[N+]=[N-]. The number of carboxylic acids is 1. The summed E-state index contributed by atoms with van der Waals surface area (Å²) in [7, 11) is 0. The van der Waals surface area contributed by atoms with E-state index in [2.05, 4.69) is 10.1 Å². The highest BCUT2D eigenvalue weighted by Crippen LogP contribution is 2.17. The average molecular weight is 309 g/mol. The number of carbonyl (C=O) groups excluding carboxylic acids is 1. The fourth-order valence-electron chi connectivity index (χ4n) is 1.85. The minimum Gasteiger partial charge on any atom is -0.487 e. The molecular formula is C14H19N3O5. The Morgan fingerprint density at radius 2 is 2.14 bits per heavy atom. The largest absolute Gasteiger partial charge is 0.487 e. The summed E-state index contributed by atoms with van der Waals surface area (Å²) in [4.78, 5) is 26.6. The van der Waals surface area contributed by atoms with E-state index < -0.39 is 17.6 Å². The van der Waals surface area contributed by atoms with Crippen molar-refractivity contribution in [2.75, 3.05) is 13.2 Å². The zero-order valence-corrected chi connectivity index (χ0v) is 12.8. The Morgan fingerprint density at radius 1 is 1.45 bits per heavy atom. The van der Waals surface area contributed by atoms with Crippen molar-refractivity contribution in [3.63, 3.8) is 0 Å². The fraction of sp³-hybridized carbons (Fsp3) is 0.500. The zero-order valence-electron chi connectivity index (χ0n) is 12.8. The van der Waals surface area contributed by atoms with Crippen molar-refractivity contribution in [1.29, 1.82) is 0 Å². The van der Waals surface area contributed by atoms with Gasteiger partial charge >= 0.3 is 11.7 Å². The van der Waals surface area contributed by atoms with E-state index in [-0.39, 0.29) is 24.4 Å². The van der Waals surface area contributed by atoms with Gasteiger partial charge in [0.05, 0.1) is 13.0 Å². The number of amides is 1. The van der Waals surface area contributed by atoms with Crippen LogP contribution in [0.25, 0.3) is 5.53 Å². The summed E-state index contributed by atoms with van der Waals surface area (Å²) in [5, 5.41) is 11.5. The molecule has 1 amide bonds. The van der Waals surface area contributed by atoms with Crippen LogP contribution in [0.4, 0.5) is 0 Å². The summed E-state index contributed by atoms with van der Waals surface area (Å²) in [5.74, 6) is -1.65. The molecule has 1 aliphatic carbocycles. The quantitative estimate of drug-likeness (QED) is 0.410. The molecule has 8 heteroatoms. The maximum atomic E-state index is 12.2. The molecule has 0 aromatic rings. The van der Waals surface area contributed by atoms with Gasteiger partial charge in [0.1, 0.15) is 0 Å². The van der Waals surface area contributed by atoms with Crippen LogP contribution in [0.5, 0.6) is 0 Å². The number of carboxylic acid groups (broad SMARTS) is 1. The second-order valence-corrected chi connectivity index (χ2v) is 4.58. The minimum atomic E-state index is -1.82. The van der Waals surface area contributed by atoms with Crippen LogP contribution in [-0.2, 0) is 19.1 Å². The molecule has 120 valence electrons. The number of carbonyl (C=O) groups is 2. The third kappa shape index (κ3) is 4.03. The van der Waals surface area contributed by atoms with Crippen molar-refractivity contribution < 1.29 is 29.0 Å². The molecule has 0 spiro atoms. The van der Waals surface area contributed by atoms with Crippen LogP contribution in [0.15, 0.2) is 23.5 Å². The maximum absolute atomic E-state index is 12.2. The van der Waals surface area contributed by atoms with Crippen molar-refractivity contribution in [3.8, 4) is 0 Å². The lowest BCUT2D eigenvalue weighted by atomic mass is 10.0. The van der Waals surface area contributed by atoms with Crippen molar-refractivity contribution in [2.45, 2.75) is 32.9 Å². The maximum Gasteiger partial charge on any atom is 0.357 e. The predicted molar refractivity (Wildman–Crippen MR) is 76.8 cm³/mol. The summed E-state index contributed by atoms with van der Waals surface area (Å²) >= 11 is 0. The topological polar surface area (TPSA) is 121 Å². The first kappa shape index (κ1) is 17.6. The number of allylic oxidation sites excluding steroid dienone is 2. The van der Waals surface area contributed by atoms with Gasteiger partial charge in [0.15, 0.2) is 0 Å². The van der Waals surface area contributed by atoms with Gasteiger partial charge in [-0.1, -0.05) is 6.08 Å². The predicted octanol–water partition coefficient (Wildman–Crippen LogP) is 0.861. The monoisotopic (exact) mass is 309 g/mol. The molecule has 0 aromatic heterocycles. The summed E-state index contributed by atoms with van der Waals surface area (Å²) < 4.78 is 10.4. The molecule has 0 radical (unpaired) electrons. The number of ether oxygens (including phenoxy) is 2. The van der Waals surface area contributed by atoms with Gasteiger partial charge in [-0.2, -0.15) is 4.79 Å². The molecule has 0 heterocycles. The van der Waals surface area contributed by atoms with E-state index >= 15 is 0 Å². The molecule has 0 aromatic carbocycles. The summed E-state index contributed by atoms with van der Waals surface area (Å²) in [6.45, 7) is 5.11. The molecule has 1 rings (SSSR count). The van der Waals surface area contributed by atoms with Gasteiger partial charge in [-0.15, -0.1) is 0 Å². The van der Waals surface area contributed by atoms with Crippen molar-refractivity contribution in [1.82, 2.24) is 5.32 Å². The van der Waals surface area contributed by atoms with E-state index in [4.69, 9.17) is 15.0 Å². The van der Waals surface area contributed by atoms with Crippen LogP contribution < -0.4 is 5.32 Å². The lowest BCUT2D eigenvalue weighted by Crippen LogP contribution is -2.54.